The van der Waals surface area contributed by atoms with Crippen LogP contribution in [0.25, 0.3) is 10.8 Å². The van der Waals surface area contributed by atoms with Crippen LogP contribution in [0.1, 0.15) is 17.2 Å². The fraction of sp³-hybridized carbons (Fsp3) is 0.158. The van der Waals surface area contributed by atoms with E-state index in [1.807, 2.05) is 12.1 Å². The highest BCUT2D eigenvalue weighted by Gasteiger charge is 2.30. The van der Waals surface area contributed by atoms with Crippen molar-refractivity contribution in [2.24, 2.45) is 5.73 Å². The van der Waals surface area contributed by atoms with E-state index in [9.17, 15) is 5.11 Å². The third-order valence-corrected chi connectivity index (χ3v) is 4.53. The molecule has 0 aliphatic carbocycles. The summed E-state index contributed by atoms with van der Waals surface area (Å²) in [6.07, 6.45) is 0. The van der Waals surface area contributed by atoms with Crippen molar-refractivity contribution in [3.8, 4) is 5.75 Å². The van der Waals surface area contributed by atoms with Crippen molar-refractivity contribution in [3.05, 3.63) is 71.8 Å². The lowest BCUT2D eigenvalue weighted by molar-refractivity contribution is 0.475. The van der Waals surface area contributed by atoms with Gasteiger partial charge in [-0.05, 0) is 34.0 Å². The molecule has 22 heavy (non-hydrogen) atoms. The summed E-state index contributed by atoms with van der Waals surface area (Å²) in [6.45, 7) is 1.38. The van der Waals surface area contributed by atoms with Crippen molar-refractivity contribution < 1.29 is 5.11 Å². The smallest absolute Gasteiger partial charge is 0.117 e. The number of hydrogen-bond donors (Lipinski definition) is 2. The molecule has 1 atom stereocenters. The molecule has 3 aromatic rings. The van der Waals surface area contributed by atoms with E-state index in [4.69, 9.17) is 5.73 Å². The molecule has 0 spiro atoms. The van der Waals surface area contributed by atoms with Crippen LogP contribution in [-0.4, -0.2) is 11.7 Å². The zero-order valence-electron chi connectivity index (χ0n) is 12.2. The summed E-state index contributed by atoms with van der Waals surface area (Å²) < 4.78 is 0. The van der Waals surface area contributed by atoms with Gasteiger partial charge in [0, 0.05) is 24.8 Å². The molecule has 3 aromatic carbocycles. The first-order valence-corrected chi connectivity index (χ1v) is 7.54. The first-order chi connectivity index (χ1) is 10.8. The van der Waals surface area contributed by atoms with Gasteiger partial charge in [-0.3, -0.25) is 0 Å². The number of anilines is 1. The number of phenols is 1. The van der Waals surface area contributed by atoms with Gasteiger partial charge in [-0.2, -0.15) is 0 Å². The molecule has 3 N–H and O–H groups in total. The van der Waals surface area contributed by atoms with Crippen LogP contribution in [0, 0.1) is 0 Å². The second-order valence-electron chi connectivity index (χ2n) is 5.75. The third-order valence-electron chi connectivity index (χ3n) is 4.53. The fourth-order valence-electron chi connectivity index (χ4n) is 3.49. The summed E-state index contributed by atoms with van der Waals surface area (Å²) in [7, 11) is 0. The highest BCUT2D eigenvalue weighted by Crippen LogP contribution is 2.40. The molecule has 1 aliphatic rings. The van der Waals surface area contributed by atoms with E-state index in [0.29, 0.717) is 6.54 Å². The first-order valence-electron chi connectivity index (χ1n) is 7.54. The molecule has 0 saturated heterocycles. The number of fused-ring (bicyclic) bond motifs is 3. The molecule has 0 bridgehead atoms. The highest BCUT2D eigenvalue weighted by atomic mass is 16.3. The molecular weight excluding hydrogens is 272 g/mol. The zero-order valence-corrected chi connectivity index (χ0v) is 12.2. The maximum Gasteiger partial charge on any atom is 0.117 e. The number of rotatable bonds is 2. The Morgan fingerprint density at radius 1 is 1.05 bits per heavy atom. The second-order valence-corrected chi connectivity index (χ2v) is 5.75. The van der Waals surface area contributed by atoms with Crippen molar-refractivity contribution in [3.63, 3.8) is 0 Å². The molecule has 1 unspecified atom stereocenters. The number of hydrogen-bond acceptors (Lipinski definition) is 3. The van der Waals surface area contributed by atoms with Crippen LogP contribution in [0.15, 0.2) is 60.7 Å². The highest BCUT2D eigenvalue weighted by molar-refractivity contribution is 5.88. The lowest BCUT2D eigenvalue weighted by atomic mass is 9.98. The van der Waals surface area contributed by atoms with Gasteiger partial charge in [0.05, 0.1) is 6.04 Å². The second kappa shape index (κ2) is 5.04. The van der Waals surface area contributed by atoms with E-state index in [-0.39, 0.29) is 11.8 Å². The molecule has 1 aliphatic heterocycles. The maximum absolute atomic E-state index is 9.76. The summed E-state index contributed by atoms with van der Waals surface area (Å²) in [4.78, 5) is 2.27. The van der Waals surface area contributed by atoms with E-state index in [2.05, 4.69) is 41.3 Å². The number of phenolic OH excluding ortho intramolecular Hbond substituents is 1. The van der Waals surface area contributed by atoms with E-state index in [1.165, 1.54) is 21.9 Å². The lowest BCUT2D eigenvalue weighted by Crippen LogP contribution is -2.27. The molecular formula is C19H18N2O. The monoisotopic (exact) mass is 290 g/mol. The molecule has 0 fully saturated rings. The predicted octanol–water partition coefficient (Wildman–Crippen LogP) is 3.57. The van der Waals surface area contributed by atoms with Crippen LogP contribution >= 0.6 is 0 Å². The Hall–Kier alpha value is -2.52. The van der Waals surface area contributed by atoms with E-state index < -0.39 is 0 Å². The van der Waals surface area contributed by atoms with Gasteiger partial charge in [-0.15, -0.1) is 0 Å². The first kappa shape index (κ1) is 13.2. The Morgan fingerprint density at radius 3 is 2.73 bits per heavy atom. The van der Waals surface area contributed by atoms with Gasteiger partial charge >= 0.3 is 0 Å². The quantitative estimate of drug-likeness (QED) is 0.758. The Kier molecular flexibility index (Phi) is 3.01. The van der Waals surface area contributed by atoms with Gasteiger partial charge in [0.1, 0.15) is 5.75 Å². The SMILES string of the molecule is NCC1c2ccc3ccccc3c2CN1c1cccc(O)c1. The van der Waals surface area contributed by atoms with Gasteiger partial charge in [-0.25, -0.2) is 0 Å². The Morgan fingerprint density at radius 2 is 1.91 bits per heavy atom. The van der Waals surface area contributed by atoms with Crippen molar-refractivity contribution >= 4 is 16.5 Å². The molecule has 0 aromatic heterocycles. The maximum atomic E-state index is 9.76. The standard InChI is InChI=1S/C19H18N2O/c20-11-19-17-9-8-13-4-1-2-7-16(13)18(17)12-21(19)14-5-3-6-15(22)10-14/h1-10,19,22H,11-12,20H2. The summed E-state index contributed by atoms with van der Waals surface area (Å²) >= 11 is 0. The van der Waals surface area contributed by atoms with Crippen molar-refractivity contribution in [2.45, 2.75) is 12.6 Å². The molecule has 3 heteroatoms. The van der Waals surface area contributed by atoms with Crippen LogP contribution < -0.4 is 10.6 Å². The normalized spacial score (nSPS) is 17.0. The van der Waals surface area contributed by atoms with Crippen molar-refractivity contribution in [2.75, 3.05) is 11.4 Å². The molecule has 0 amide bonds. The van der Waals surface area contributed by atoms with E-state index in [1.54, 1.807) is 12.1 Å². The average molecular weight is 290 g/mol. The van der Waals surface area contributed by atoms with E-state index >= 15 is 0 Å². The molecule has 1 heterocycles. The van der Waals surface area contributed by atoms with Crippen LogP contribution in [-0.2, 0) is 6.54 Å². The number of benzene rings is 3. The van der Waals surface area contributed by atoms with Crippen LogP contribution in [0.4, 0.5) is 5.69 Å². The lowest BCUT2D eigenvalue weighted by Gasteiger charge is -2.26. The van der Waals surface area contributed by atoms with Crippen LogP contribution in [0.2, 0.25) is 0 Å². The topological polar surface area (TPSA) is 49.5 Å². The molecule has 0 saturated carbocycles. The van der Waals surface area contributed by atoms with Crippen molar-refractivity contribution in [1.29, 1.82) is 0 Å². The number of aromatic hydroxyl groups is 1. The van der Waals surface area contributed by atoms with Gasteiger partial charge in [-0.1, -0.05) is 42.5 Å². The molecule has 3 nitrogen and oxygen atoms in total. The van der Waals surface area contributed by atoms with E-state index in [0.717, 1.165) is 12.2 Å². The summed E-state index contributed by atoms with van der Waals surface area (Å²) in [6, 6.07) is 20.4. The zero-order chi connectivity index (χ0) is 15.1. The largest absolute Gasteiger partial charge is 0.508 e. The number of nitrogens with two attached hydrogens (primary N) is 1. The van der Waals surface area contributed by atoms with Gasteiger partial charge < -0.3 is 15.7 Å². The Labute approximate surface area is 129 Å². The minimum atomic E-state index is 0.154. The molecule has 110 valence electrons. The number of nitrogens with zero attached hydrogens (tertiary/aromatic N) is 1. The Balaban J connectivity index is 1.86. The minimum Gasteiger partial charge on any atom is -0.508 e. The minimum absolute atomic E-state index is 0.154. The van der Waals surface area contributed by atoms with Crippen molar-refractivity contribution in [1.82, 2.24) is 0 Å². The van der Waals surface area contributed by atoms with Crippen LogP contribution in [0.3, 0.4) is 0 Å². The fourth-order valence-corrected chi connectivity index (χ4v) is 3.49. The van der Waals surface area contributed by atoms with Gasteiger partial charge in [0.25, 0.3) is 0 Å². The molecule has 4 rings (SSSR count). The third kappa shape index (κ3) is 1.94. The summed E-state index contributed by atoms with van der Waals surface area (Å²) in [5, 5.41) is 12.3. The summed E-state index contributed by atoms with van der Waals surface area (Å²) in [5.41, 5.74) is 9.70. The Bertz CT molecular complexity index is 844. The van der Waals surface area contributed by atoms with Gasteiger partial charge in [0.2, 0.25) is 0 Å². The summed E-state index contributed by atoms with van der Waals surface area (Å²) in [5.74, 6) is 0.286. The predicted molar refractivity (Wildman–Crippen MR) is 90.0 cm³/mol. The van der Waals surface area contributed by atoms with Gasteiger partial charge in [0.15, 0.2) is 0 Å². The average Bonchev–Trinajstić information content (AvgIpc) is 2.94. The van der Waals surface area contributed by atoms with Crippen LogP contribution in [0.5, 0.6) is 5.75 Å². The molecule has 0 radical (unpaired) electrons.